The van der Waals surface area contributed by atoms with Gasteiger partial charge in [-0.05, 0) is 36.4 Å². The Balaban J connectivity index is 1.66. The number of hydrogen-bond acceptors (Lipinski definition) is 6. The highest BCUT2D eigenvalue weighted by atomic mass is 32.2. The van der Waals surface area contributed by atoms with Crippen molar-refractivity contribution in [2.45, 2.75) is 10.1 Å². The molecule has 29 heavy (non-hydrogen) atoms. The van der Waals surface area contributed by atoms with Gasteiger partial charge in [0, 0.05) is 6.20 Å². The first-order valence-electron chi connectivity index (χ1n) is 8.67. The van der Waals surface area contributed by atoms with Gasteiger partial charge in [-0.3, -0.25) is 4.79 Å². The lowest BCUT2D eigenvalue weighted by atomic mass is 10.3. The molecule has 0 aliphatic heterocycles. The molecule has 0 unspecified atom stereocenters. The van der Waals surface area contributed by atoms with E-state index in [-0.39, 0.29) is 21.7 Å². The first-order valence-corrected chi connectivity index (χ1v) is 11.1. The molecule has 0 bridgehead atoms. The van der Waals surface area contributed by atoms with Gasteiger partial charge in [0.2, 0.25) is 5.91 Å². The number of nitrogens with one attached hydrogen (secondary N) is 1. The van der Waals surface area contributed by atoms with Crippen molar-refractivity contribution in [3.8, 4) is 0 Å². The molecule has 2 heterocycles. The van der Waals surface area contributed by atoms with Crippen molar-refractivity contribution in [2.75, 3.05) is 11.1 Å². The van der Waals surface area contributed by atoms with E-state index < -0.39 is 10.0 Å². The molecule has 4 aromatic rings. The number of amides is 1. The molecule has 9 heteroatoms. The van der Waals surface area contributed by atoms with Crippen LogP contribution in [0.5, 0.6) is 0 Å². The molecule has 2 aromatic carbocycles. The minimum absolute atomic E-state index is 0.00972. The third kappa shape index (κ3) is 4.01. The fraction of sp³-hybridized carbons (Fsp3) is 0.0500. The van der Waals surface area contributed by atoms with Crippen LogP contribution in [-0.2, 0) is 14.8 Å². The molecule has 0 aliphatic carbocycles. The summed E-state index contributed by atoms with van der Waals surface area (Å²) >= 11 is 1.05. The molecule has 0 atom stereocenters. The van der Waals surface area contributed by atoms with Gasteiger partial charge < -0.3 is 5.32 Å². The van der Waals surface area contributed by atoms with Crippen molar-refractivity contribution in [3.63, 3.8) is 0 Å². The van der Waals surface area contributed by atoms with Crippen LogP contribution in [0.4, 0.5) is 5.82 Å². The molecule has 2 aromatic heterocycles. The van der Waals surface area contributed by atoms with Gasteiger partial charge in [-0.1, -0.05) is 48.2 Å². The minimum Gasteiger partial charge on any atom is -0.310 e. The number of hydrogen-bond donors (Lipinski definition) is 1. The largest absolute Gasteiger partial charge is 0.310 e. The van der Waals surface area contributed by atoms with Gasteiger partial charge in [-0.15, -0.1) is 0 Å². The SMILES string of the molecule is O=C(CSc1nc2ccccc2n1S(=O)(=O)c1ccccc1)Nc1ccccn1. The van der Waals surface area contributed by atoms with Crippen molar-refractivity contribution >= 4 is 44.5 Å². The second-order valence-electron chi connectivity index (χ2n) is 6.02. The Morgan fingerprint density at radius 1 is 0.966 bits per heavy atom. The normalized spacial score (nSPS) is 11.4. The molecule has 1 N–H and O–H groups in total. The fourth-order valence-electron chi connectivity index (χ4n) is 2.75. The molecule has 4 rings (SSSR count). The van der Waals surface area contributed by atoms with Crippen molar-refractivity contribution in [2.24, 2.45) is 0 Å². The first-order chi connectivity index (χ1) is 14.1. The predicted octanol–water partition coefficient (Wildman–Crippen LogP) is 3.40. The first kappa shape index (κ1) is 19.2. The van der Waals surface area contributed by atoms with Crippen molar-refractivity contribution in [1.29, 1.82) is 0 Å². The highest BCUT2D eigenvalue weighted by Crippen LogP contribution is 2.28. The average Bonchev–Trinajstić information content (AvgIpc) is 3.13. The van der Waals surface area contributed by atoms with Crippen LogP contribution in [0, 0.1) is 0 Å². The number of carbonyl (C=O) groups is 1. The number of fused-ring (bicyclic) bond motifs is 1. The van der Waals surface area contributed by atoms with E-state index in [9.17, 15) is 13.2 Å². The number of nitrogens with zero attached hydrogens (tertiary/aromatic N) is 3. The summed E-state index contributed by atoms with van der Waals surface area (Å²) in [5.74, 6) is 0.123. The summed E-state index contributed by atoms with van der Waals surface area (Å²) in [4.78, 5) is 20.9. The van der Waals surface area contributed by atoms with Gasteiger partial charge in [0.05, 0.1) is 21.7 Å². The molecule has 146 valence electrons. The second kappa shape index (κ2) is 8.06. The van der Waals surface area contributed by atoms with E-state index in [1.165, 1.54) is 16.1 Å². The average molecular weight is 425 g/mol. The zero-order valence-electron chi connectivity index (χ0n) is 15.1. The Kier molecular flexibility index (Phi) is 5.32. The van der Waals surface area contributed by atoms with Crippen LogP contribution < -0.4 is 5.32 Å². The minimum atomic E-state index is -3.87. The number of imidazole rings is 1. The van der Waals surface area contributed by atoms with E-state index >= 15 is 0 Å². The fourth-order valence-corrected chi connectivity index (χ4v) is 5.28. The summed E-state index contributed by atoms with van der Waals surface area (Å²) in [7, 11) is -3.87. The Hall–Kier alpha value is -3.17. The number of benzene rings is 2. The van der Waals surface area contributed by atoms with Crippen LogP contribution in [0.3, 0.4) is 0 Å². The maximum atomic E-state index is 13.3. The Morgan fingerprint density at radius 2 is 1.69 bits per heavy atom. The molecule has 0 saturated carbocycles. The van der Waals surface area contributed by atoms with Crippen LogP contribution in [0.15, 0.2) is 89.0 Å². The summed E-state index contributed by atoms with van der Waals surface area (Å²) in [6.45, 7) is 0. The van der Waals surface area contributed by atoms with Gasteiger partial charge in [0.1, 0.15) is 5.82 Å². The maximum absolute atomic E-state index is 13.3. The summed E-state index contributed by atoms with van der Waals surface area (Å²) in [6.07, 6.45) is 1.58. The highest BCUT2D eigenvalue weighted by molar-refractivity contribution is 8.00. The van der Waals surface area contributed by atoms with Gasteiger partial charge in [0.25, 0.3) is 10.0 Å². The maximum Gasteiger partial charge on any atom is 0.270 e. The third-order valence-electron chi connectivity index (χ3n) is 4.04. The lowest BCUT2D eigenvalue weighted by Gasteiger charge is -2.10. The van der Waals surface area contributed by atoms with E-state index in [0.29, 0.717) is 16.9 Å². The highest BCUT2D eigenvalue weighted by Gasteiger charge is 2.24. The summed E-state index contributed by atoms with van der Waals surface area (Å²) in [5.41, 5.74) is 1.00. The van der Waals surface area contributed by atoms with E-state index in [0.717, 1.165) is 11.8 Å². The number of pyridine rings is 1. The molecule has 1 amide bonds. The van der Waals surface area contributed by atoms with Crippen LogP contribution in [-0.4, -0.2) is 34.0 Å². The topological polar surface area (TPSA) is 94.0 Å². The predicted molar refractivity (Wildman–Crippen MR) is 112 cm³/mol. The molecule has 7 nitrogen and oxygen atoms in total. The lowest BCUT2D eigenvalue weighted by Crippen LogP contribution is -2.17. The smallest absolute Gasteiger partial charge is 0.270 e. The number of thioether (sulfide) groups is 1. The molecule has 0 aliphatic rings. The lowest BCUT2D eigenvalue weighted by molar-refractivity contribution is -0.113. The van der Waals surface area contributed by atoms with Gasteiger partial charge in [0.15, 0.2) is 5.16 Å². The third-order valence-corrected chi connectivity index (χ3v) is 6.81. The molecular weight excluding hydrogens is 408 g/mol. The number of para-hydroxylation sites is 2. The molecule has 0 spiro atoms. The van der Waals surface area contributed by atoms with Crippen LogP contribution in [0.2, 0.25) is 0 Å². The van der Waals surface area contributed by atoms with Crippen molar-refractivity contribution < 1.29 is 13.2 Å². The van der Waals surface area contributed by atoms with Crippen LogP contribution in [0.1, 0.15) is 0 Å². The van der Waals surface area contributed by atoms with Gasteiger partial charge in [-0.25, -0.2) is 22.4 Å². The van der Waals surface area contributed by atoms with E-state index in [1.807, 2.05) is 0 Å². The van der Waals surface area contributed by atoms with Gasteiger partial charge >= 0.3 is 0 Å². The van der Waals surface area contributed by atoms with Gasteiger partial charge in [-0.2, -0.15) is 0 Å². The molecular formula is C20H16N4O3S2. The summed E-state index contributed by atoms with van der Waals surface area (Å²) in [5, 5.41) is 2.91. The van der Waals surface area contributed by atoms with E-state index in [4.69, 9.17) is 0 Å². The standard InChI is InChI=1S/C20H16N4O3S2/c25-19(23-18-12-6-7-13-21-18)14-28-20-22-16-10-4-5-11-17(16)24(20)29(26,27)15-8-2-1-3-9-15/h1-13H,14H2,(H,21,23,25). The Bertz CT molecular complexity index is 1260. The molecule has 0 fully saturated rings. The molecule has 0 radical (unpaired) electrons. The zero-order chi connectivity index (χ0) is 20.3. The van der Waals surface area contributed by atoms with E-state index in [2.05, 4.69) is 15.3 Å². The molecule has 0 saturated heterocycles. The number of rotatable bonds is 6. The quantitative estimate of drug-likeness (QED) is 0.477. The van der Waals surface area contributed by atoms with Crippen molar-refractivity contribution in [3.05, 3.63) is 79.0 Å². The van der Waals surface area contributed by atoms with E-state index in [1.54, 1.807) is 66.9 Å². The van der Waals surface area contributed by atoms with Crippen LogP contribution in [0.25, 0.3) is 11.0 Å². The Morgan fingerprint density at radius 3 is 2.45 bits per heavy atom. The number of carbonyl (C=O) groups excluding carboxylic acids is 1. The second-order valence-corrected chi connectivity index (χ2v) is 8.75. The number of anilines is 1. The van der Waals surface area contributed by atoms with Crippen LogP contribution >= 0.6 is 11.8 Å². The summed E-state index contributed by atoms with van der Waals surface area (Å²) in [6, 6.07) is 20.3. The monoisotopic (exact) mass is 424 g/mol. The van der Waals surface area contributed by atoms with Crippen molar-refractivity contribution in [1.82, 2.24) is 13.9 Å². The zero-order valence-corrected chi connectivity index (χ0v) is 16.7. The summed E-state index contributed by atoms with van der Waals surface area (Å²) < 4.78 is 27.7. The number of aromatic nitrogens is 3. The Labute approximate surface area is 171 Å².